The third-order valence-electron chi connectivity index (χ3n) is 1.85. The highest BCUT2D eigenvalue weighted by Crippen LogP contribution is 2.11. The van der Waals surface area contributed by atoms with Crippen molar-refractivity contribution in [3.8, 4) is 0 Å². The first-order valence-corrected chi connectivity index (χ1v) is 4.49. The van der Waals surface area contributed by atoms with Crippen molar-refractivity contribution >= 4 is 0 Å². The highest BCUT2D eigenvalue weighted by atomic mass is 14.5. The molecule has 0 bridgehead atoms. The lowest BCUT2D eigenvalue weighted by molar-refractivity contribution is 1.03. The van der Waals surface area contributed by atoms with Gasteiger partial charge in [0, 0.05) is 6.54 Å². The molecule has 0 heterocycles. The molecule has 1 rings (SSSR count). The van der Waals surface area contributed by atoms with Gasteiger partial charge in [-0.05, 0) is 37.5 Å². The minimum Gasteiger partial charge on any atom is -0.326 e. The predicted octanol–water partition coefficient (Wildman–Crippen LogP) is 2.95. The Morgan fingerprint density at radius 1 is 1.31 bits per heavy atom. The van der Waals surface area contributed by atoms with Crippen molar-refractivity contribution in [1.29, 1.82) is 0 Å². The smallest absolute Gasteiger partial charge is 0.0183 e. The molecule has 13 heavy (non-hydrogen) atoms. The number of allylic oxidation sites excluding steroid dienone is 1. The lowest BCUT2D eigenvalue weighted by atomic mass is 10.0. The summed E-state index contributed by atoms with van der Waals surface area (Å²) in [6.07, 6.45) is 1.75. The van der Waals surface area contributed by atoms with E-state index in [1.54, 1.807) is 6.08 Å². The Hall–Kier alpha value is -1.08. The summed E-state index contributed by atoms with van der Waals surface area (Å²) in [7, 11) is 0. The Kier molecular flexibility index (Phi) is 5.90. The first kappa shape index (κ1) is 11.9. The molecule has 1 aromatic rings. The van der Waals surface area contributed by atoms with Crippen molar-refractivity contribution in [2.75, 3.05) is 0 Å². The van der Waals surface area contributed by atoms with Crippen molar-refractivity contribution < 1.29 is 0 Å². The molecule has 72 valence electrons. The summed E-state index contributed by atoms with van der Waals surface area (Å²) in [4.78, 5) is 0. The van der Waals surface area contributed by atoms with Crippen molar-refractivity contribution in [3.05, 3.63) is 47.5 Å². The van der Waals surface area contributed by atoms with Crippen molar-refractivity contribution in [2.24, 2.45) is 5.73 Å². The van der Waals surface area contributed by atoms with Gasteiger partial charge in [-0.3, -0.25) is 0 Å². The third kappa shape index (κ3) is 3.90. The zero-order chi connectivity index (χ0) is 10.3. The molecule has 0 unspecified atom stereocenters. The molecule has 0 radical (unpaired) electrons. The van der Waals surface area contributed by atoms with Gasteiger partial charge in [-0.15, -0.1) is 6.58 Å². The molecule has 0 aliphatic heterocycles. The maximum Gasteiger partial charge on any atom is 0.0183 e. The average Bonchev–Trinajstić information content (AvgIpc) is 2.06. The summed E-state index contributed by atoms with van der Waals surface area (Å²) in [5.74, 6) is 0. The SMILES string of the molecule is C=CC.Cc1cccc(C)c1CN. The molecular weight excluding hydrogens is 158 g/mol. The summed E-state index contributed by atoms with van der Waals surface area (Å²) in [6, 6.07) is 6.24. The molecule has 0 aliphatic carbocycles. The fourth-order valence-electron chi connectivity index (χ4n) is 1.17. The van der Waals surface area contributed by atoms with Crippen LogP contribution < -0.4 is 5.73 Å². The lowest BCUT2D eigenvalue weighted by Gasteiger charge is -2.04. The van der Waals surface area contributed by atoms with Gasteiger partial charge in [0.15, 0.2) is 0 Å². The third-order valence-corrected chi connectivity index (χ3v) is 1.85. The molecule has 0 fully saturated rings. The van der Waals surface area contributed by atoms with Crippen LogP contribution in [0, 0.1) is 13.8 Å². The first-order chi connectivity index (χ1) is 6.17. The van der Waals surface area contributed by atoms with Crippen LogP contribution in [0.4, 0.5) is 0 Å². The van der Waals surface area contributed by atoms with Crippen molar-refractivity contribution in [2.45, 2.75) is 27.3 Å². The molecule has 1 heteroatoms. The minimum absolute atomic E-state index is 0.651. The van der Waals surface area contributed by atoms with Gasteiger partial charge in [0.25, 0.3) is 0 Å². The van der Waals surface area contributed by atoms with Gasteiger partial charge in [0.05, 0.1) is 0 Å². The number of aryl methyl sites for hydroxylation is 2. The van der Waals surface area contributed by atoms with E-state index in [2.05, 4.69) is 38.6 Å². The molecular formula is C12H19N. The van der Waals surface area contributed by atoms with E-state index >= 15 is 0 Å². The number of nitrogens with two attached hydrogens (primary N) is 1. The number of hydrogen-bond acceptors (Lipinski definition) is 1. The lowest BCUT2D eigenvalue weighted by Crippen LogP contribution is -2.01. The van der Waals surface area contributed by atoms with E-state index in [1.165, 1.54) is 16.7 Å². The Morgan fingerprint density at radius 3 is 1.92 bits per heavy atom. The fraction of sp³-hybridized carbons (Fsp3) is 0.333. The van der Waals surface area contributed by atoms with E-state index in [0.717, 1.165) is 0 Å². The second-order valence-corrected chi connectivity index (χ2v) is 2.98. The zero-order valence-corrected chi connectivity index (χ0v) is 8.80. The normalized spacial score (nSPS) is 8.62. The largest absolute Gasteiger partial charge is 0.326 e. The van der Waals surface area contributed by atoms with Crippen LogP contribution in [0.25, 0.3) is 0 Å². The number of rotatable bonds is 1. The van der Waals surface area contributed by atoms with Gasteiger partial charge in [0.2, 0.25) is 0 Å². The molecule has 0 saturated carbocycles. The van der Waals surface area contributed by atoms with Crippen LogP contribution in [-0.4, -0.2) is 0 Å². The monoisotopic (exact) mass is 177 g/mol. The van der Waals surface area contributed by atoms with E-state index in [9.17, 15) is 0 Å². The van der Waals surface area contributed by atoms with Gasteiger partial charge >= 0.3 is 0 Å². The second-order valence-electron chi connectivity index (χ2n) is 2.98. The van der Waals surface area contributed by atoms with Crippen LogP contribution in [0.1, 0.15) is 23.6 Å². The Morgan fingerprint density at radius 2 is 1.69 bits per heavy atom. The van der Waals surface area contributed by atoms with E-state index in [1.807, 2.05) is 6.92 Å². The molecule has 2 N–H and O–H groups in total. The van der Waals surface area contributed by atoms with Gasteiger partial charge in [-0.2, -0.15) is 0 Å². The zero-order valence-electron chi connectivity index (χ0n) is 8.80. The highest BCUT2D eigenvalue weighted by Gasteiger charge is 1.96. The standard InChI is InChI=1S/C9H13N.C3H6/c1-7-4-3-5-8(2)9(7)6-10;1-3-2/h3-5H,6,10H2,1-2H3;3H,1H2,2H3. The molecule has 0 atom stereocenters. The maximum absolute atomic E-state index is 5.55. The fourth-order valence-corrected chi connectivity index (χ4v) is 1.17. The van der Waals surface area contributed by atoms with E-state index in [4.69, 9.17) is 5.73 Å². The summed E-state index contributed by atoms with van der Waals surface area (Å²) in [5.41, 5.74) is 9.42. The molecule has 1 nitrogen and oxygen atoms in total. The summed E-state index contributed by atoms with van der Waals surface area (Å²) in [5, 5.41) is 0. The van der Waals surface area contributed by atoms with Crippen molar-refractivity contribution in [1.82, 2.24) is 0 Å². The first-order valence-electron chi connectivity index (χ1n) is 4.49. The molecule has 0 aromatic heterocycles. The van der Waals surface area contributed by atoms with Crippen LogP contribution >= 0.6 is 0 Å². The quantitative estimate of drug-likeness (QED) is 0.656. The van der Waals surface area contributed by atoms with E-state index in [-0.39, 0.29) is 0 Å². The Bertz CT molecular complexity index is 244. The summed E-state index contributed by atoms with van der Waals surface area (Å²) >= 11 is 0. The summed E-state index contributed by atoms with van der Waals surface area (Å²) < 4.78 is 0. The Balaban J connectivity index is 0.000000424. The molecule has 0 amide bonds. The minimum atomic E-state index is 0.651. The summed E-state index contributed by atoms with van der Waals surface area (Å²) in [6.45, 7) is 10.1. The van der Waals surface area contributed by atoms with Crippen LogP contribution in [0.15, 0.2) is 30.9 Å². The van der Waals surface area contributed by atoms with Crippen LogP contribution in [0.5, 0.6) is 0 Å². The second kappa shape index (κ2) is 6.44. The maximum atomic E-state index is 5.55. The van der Waals surface area contributed by atoms with Gasteiger partial charge in [0.1, 0.15) is 0 Å². The van der Waals surface area contributed by atoms with Crippen LogP contribution in [-0.2, 0) is 6.54 Å². The number of benzene rings is 1. The molecule has 0 aliphatic rings. The number of hydrogen-bond donors (Lipinski definition) is 1. The molecule has 1 aromatic carbocycles. The molecule has 0 saturated heterocycles. The predicted molar refractivity (Wildman–Crippen MR) is 59.7 cm³/mol. The Labute approximate surface area is 81.3 Å². The molecule has 0 spiro atoms. The van der Waals surface area contributed by atoms with E-state index in [0.29, 0.717) is 6.54 Å². The van der Waals surface area contributed by atoms with Gasteiger partial charge in [-0.1, -0.05) is 24.3 Å². The highest BCUT2D eigenvalue weighted by molar-refractivity contribution is 5.32. The van der Waals surface area contributed by atoms with Crippen LogP contribution in [0.2, 0.25) is 0 Å². The average molecular weight is 177 g/mol. The van der Waals surface area contributed by atoms with Gasteiger partial charge in [-0.25, -0.2) is 0 Å². The van der Waals surface area contributed by atoms with Crippen LogP contribution in [0.3, 0.4) is 0 Å². The topological polar surface area (TPSA) is 26.0 Å². The van der Waals surface area contributed by atoms with E-state index < -0.39 is 0 Å². The van der Waals surface area contributed by atoms with Gasteiger partial charge < -0.3 is 5.73 Å². The van der Waals surface area contributed by atoms with Crippen molar-refractivity contribution in [3.63, 3.8) is 0 Å².